The molecular formula is C34H39Cl2F2N4O8S+. The maximum atomic E-state index is 13.9. The number of piperazine rings is 1. The molecule has 0 unspecified atom stereocenters. The van der Waals surface area contributed by atoms with E-state index in [1.54, 1.807) is 4.90 Å². The molecule has 1 N–H and O–H groups in total. The Morgan fingerprint density at radius 2 is 1.67 bits per heavy atom. The number of likely N-dealkylation sites (N-methyl/N-ethyl adjacent to an activating group) is 1. The number of hydrogen-bond acceptors (Lipinski definition) is 9. The van der Waals surface area contributed by atoms with Gasteiger partial charge in [0.05, 0.1) is 31.2 Å². The number of rotatable bonds is 15. The van der Waals surface area contributed by atoms with Gasteiger partial charge in [0.25, 0.3) is 0 Å². The largest absolute Gasteiger partial charge is 0.495 e. The van der Waals surface area contributed by atoms with Crippen LogP contribution in [0.3, 0.4) is 0 Å². The number of H-pyrrole nitrogens is 1. The van der Waals surface area contributed by atoms with Crippen molar-refractivity contribution in [3.05, 3.63) is 75.5 Å². The number of pyridine rings is 1. The second-order valence-corrected chi connectivity index (χ2v) is 15.1. The molecule has 2 fully saturated rings. The molecule has 1 amide bonds. The zero-order chi connectivity index (χ0) is 36.9. The summed E-state index contributed by atoms with van der Waals surface area (Å²) >= 11 is 12.9. The van der Waals surface area contributed by atoms with Gasteiger partial charge in [0.1, 0.15) is 28.4 Å². The van der Waals surface area contributed by atoms with Gasteiger partial charge in [0.2, 0.25) is 15.9 Å². The Hall–Kier alpha value is -3.92. The normalized spacial score (nSPS) is 15.7. The van der Waals surface area contributed by atoms with Gasteiger partial charge in [-0.15, -0.1) is 0 Å². The Kier molecular flexibility index (Phi) is 12.5. The van der Waals surface area contributed by atoms with Gasteiger partial charge in [0, 0.05) is 38.2 Å². The van der Waals surface area contributed by atoms with Gasteiger partial charge in [0.15, 0.2) is 23.9 Å². The first kappa shape index (κ1) is 38.3. The number of halogens is 4. The molecule has 1 saturated heterocycles. The van der Waals surface area contributed by atoms with E-state index in [4.69, 9.17) is 37.4 Å². The van der Waals surface area contributed by atoms with Crippen molar-refractivity contribution in [2.75, 3.05) is 64.0 Å². The highest BCUT2D eigenvalue weighted by Gasteiger charge is 2.30. The van der Waals surface area contributed by atoms with Gasteiger partial charge >= 0.3 is 12.6 Å². The Labute approximate surface area is 305 Å². The summed E-state index contributed by atoms with van der Waals surface area (Å²) in [7, 11) is -0.773. The number of alkyl halides is 2. The number of sulfonamides is 1. The summed E-state index contributed by atoms with van der Waals surface area (Å²) in [5.41, 5.74) is 0.699. The van der Waals surface area contributed by atoms with Gasteiger partial charge in [-0.05, 0) is 61.7 Å². The third-order valence-electron chi connectivity index (χ3n) is 8.58. The number of ether oxygens (including phenoxy) is 4. The number of anilines is 1. The lowest BCUT2D eigenvalue weighted by molar-refractivity contribution is -0.377. The molecule has 2 aromatic carbocycles. The van der Waals surface area contributed by atoms with Crippen LogP contribution in [-0.4, -0.2) is 96.4 Å². The van der Waals surface area contributed by atoms with E-state index in [1.165, 1.54) is 55.9 Å². The minimum atomic E-state index is -4.05. The summed E-state index contributed by atoms with van der Waals surface area (Å²) in [6.07, 6.45) is 4.76. The van der Waals surface area contributed by atoms with E-state index in [0.717, 1.165) is 23.4 Å². The number of hydrogen-bond donors (Lipinski definition) is 0. The smallest absolute Gasteiger partial charge is 0.387 e. The highest BCUT2D eigenvalue weighted by molar-refractivity contribution is 7.92. The minimum Gasteiger partial charge on any atom is -0.495 e. The van der Waals surface area contributed by atoms with Gasteiger partial charge < -0.3 is 28.7 Å². The van der Waals surface area contributed by atoms with E-state index >= 15 is 0 Å². The highest BCUT2D eigenvalue weighted by atomic mass is 35.5. The molecule has 5 rings (SSSR count). The van der Waals surface area contributed by atoms with Crippen molar-refractivity contribution in [2.24, 2.45) is 5.92 Å². The van der Waals surface area contributed by atoms with Crippen molar-refractivity contribution in [1.29, 1.82) is 0 Å². The zero-order valence-corrected chi connectivity index (χ0v) is 30.6. The Balaban J connectivity index is 1.48. The van der Waals surface area contributed by atoms with E-state index < -0.39 is 41.2 Å². The summed E-state index contributed by atoms with van der Waals surface area (Å²) in [5, 5.41) is 0.513. The van der Waals surface area contributed by atoms with E-state index in [2.05, 4.69) is 14.6 Å². The number of aromatic amines is 1. The number of nitrogens with one attached hydrogen (secondary N) is 1. The van der Waals surface area contributed by atoms with Crippen LogP contribution in [0.15, 0.2) is 48.8 Å². The maximum Gasteiger partial charge on any atom is 0.387 e. The Bertz CT molecular complexity index is 1820. The fourth-order valence-corrected chi connectivity index (χ4v) is 6.85. The summed E-state index contributed by atoms with van der Waals surface area (Å²) in [4.78, 5) is 33.6. The lowest BCUT2D eigenvalue weighted by atomic mass is 10.0. The molecule has 17 heteroatoms. The number of benzene rings is 2. The molecule has 2 heterocycles. The van der Waals surface area contributed by atoms with Crippen LogP contribution in [0.5, 0.6) is 17.2 Å². The number of aromatic nitrogens is 1. The van der Waals surface area contributed by atoms with Gasteiger partial charge in [-0.1, -0.05) is 29.3 Å². The molecule has 1 saturated carbocycles. The first-order valence-corrected chi connectivity index (χ1v) is 18.7. The third kappa shape index (κ3) is 10.1. The first-order valence-electron chi connectivity index (χ1n) is 16.1. The maximum absolute atomic E-state index is 13.9. The van der Waals surface area contributed by atoms with Crippen molar-refractivity contribution in [1.82, 2.24) is 9.80 Å². The van der Waals surface area contributed by atoms with E-state index in [-0.39, 0.29) is 45.0 Å². The predicted molar refractivity (Wildman–Crippen MR) is 185 cm³/mol. The molecule has 0 spiro atoms. The second-order valence-electron chi connectivity index (χ2n) is 12.4. The van der Waals surface area contributed by atoms with E-state index in [9.17, 15) is 26.8 Å². The van der Waals surface area contributed by atoms with Crippen LogP contribution < -0.4 is 23.5 Å². The average molecular weight is 773 g/mol. The predicted octanol–water partition coefficient (Wildman–Crippen LogP) is 4.89. The quantitative estimate of drug-likeness (QED) is 0.199. The van der Waals surface area contributed by atoms with Crippen LogP contribution in [-0.2, 0) is 26.0 Å². The summed E-state index contributed by atoms with van der Waals surface area (Å²) < 4.78 is 75.6. The Morgan fingerprint density at radius 1 is 1.00 bits per heavy atom. The first-order chi connectivity index (χ1) is 24.2. The summed E-state index contributed by atoms with van der Waals surface area (Å²) in [5.74, 6) is -1.02. The van der Waals surface area contributed by atoms with Crippen LogP contribution in [0.25, 0.3) is 0 Å². The molecule has 276 valence electrons. The minimum absolute atomic E-state index is 0.0345. The van der Waals surface area contributed by atoms with Crippen LogP contribution in [0, 0.1) is 5.92 Å². The number of nitrogens with zero attached hydrogens (tertiary/aromatic N) is 3. The van der Waals surface area contributed by atoms with Crippen molar-refractivity contribution >= 4 is 50.8 Å². The van der Waals surface area contributed by atoms with Gasteiger partial charge in [-0.3, -0.25) is 9.10 Å². The number of amides is 1. The van der Waals surface area contributed by atoms with E-state index in [0.29, 0.717) is 49.8 Å². The Morgan fingerprint density at radius 3 is 2.27 bits per heavy atom. The van der Waals surface area contributed by atoms with Crippen LogP contribution in [0.4, 0.5) is 14.5 Å². The molecule has 1 aliphatic heterocycles. The zero-order valence-electron chi connectivity index (χ0n) is 28.2. The van der Waals surface area contributed by atoms with Crippen molar-refractivity contribution in [2.45, 2.75) is 32.0 Å². The number of carbonyl (C=O) groups is 2. The number of carbonyl (C=O) groups excluding carboxylic acids is 2. The van der Waals surface area contributed by atoms with E-state index in [1.807, 2.05) is 7.05 Å². The van der Waals surface area contributed by atoms with Crippen LogP contribution >= 0.6 is 23.2 Å². The summed E-state index contributed by atoms with van der Waals surface area (Å²) in [6.45, 7) is -1.16. The standard InChI is InChI=1S/C34H38Cl2F2N4O8S/c1-40-10-12-41(13-11-40)32(43)19-42(51(3,45)46)27-14-23(7-8-28(27)47-2)33(44)49-30(16-24-25(35)17-39-18-26(24)36)22-6-9-29(50-34(37)38)31(15-22)48-20-21-4-5-21/h6-9,14-15,17-18,21,30,34H,4-5,10-13,16,19-20H2,1-3H3/p+1/t30-/m0/s1. The number of esters is 1. The molecular weight excluding hydrogens is 733 g/mol. The molecule has 1 atom stereocenters. The highest BCUT2D eigenvalue weighted by Crippen LogP contribution is 2.39. The van der Waals surface area contributed by atoms with Crippen molar-refractivity contribution in [3.63, 3.8) is 0 Å². The summed E-state index contributed by atoms with van der Waals surface area (Å²) in [6, 6.07) is 8.30. The topological polar surface area (TPSA) is 129 Å². The third-order valence-corrected chi connectivity index (χ3v) is 10.4. The van der Waals surface area contributed by atoms with Crippen LogP contribution in [0.2, 0.25) is 10.0 Å². The SMILES string of the molecule is COc1ccc(C(=O)O[C@@H](Cc2c(Cl)c[nH+]cc2Cl)c2ccc(OC(F)F)c(OCC3CC3)c2)cc1N(CC(=O)N1CCN(C)CC1)S(C)(=O)=O. The number of methoxy groups -OCH3 is 1. The molecule has 0 radical (unpaired) electrons. The van der Waals surface area contributed by atoms with Crippen LogP contribution in [0.1, 0.15) is 40.4 Å². The lowest BCUT2D eigenvalue weighted by Gasteiger charge is -2.34. The van der Waals surface area contributed by atoms with Gasteiger partial charge in [-0.2, -0.15) is 8.78 Å². The molecule has 51 heavy (non-hydrogen) atoms. The van der Waals surface area contributed by atoms with Crippen molar-refractivity contribution in [3.8, 4) is 17.2 Å². The lowest BCUT2D eigenvalue weighted by Crippen LogP contribution is -2.50. The molecule has 1 aliphatic carbocycles. The second kappa shape index (κ2) is 16.6. The average Bonchev–Trinajstić information content (AvgIpc) is 3.92. The molecule has 3 aromatic rings. The van der Waals surface area contributed by atoms with Crippen molar-refractivity contribution < 1.29 is 50.7 Å². The monoisotopic (exact) mass is 771 g/mol. The molecule has 12 nitrogen and oxygen atoms in total. The molecule has 0 bridgehead atoms. The fraction of sp³-hybridized carbons (Fsp3) is 0.441. The molecule has 1 aromatic heterocycles. The molecule has 2 aliphatic rings. The van der Waals surface area contributed by atoms with Gasteiger partial charge in [-0.25, -0.2) is 18.2 Å². The fourth-order valence-electron chi connectivity index (χ4n) is 5.48.